The Bertz CT molecular complexity index is 604. The van der Waals surface area contributed by atoms with E-state index in [1.54, 1.807) is 24.3 Å². The second-order valence-corrected chi connectivity index (χ2v) is 4.79. The fraction of sp³-hybridized carbons (Fsp3) is 0.267. The third kappa shape index (κ3) is 3.46. The molecule has 0 spiro atoms. The number of aromatic nitrogens is 1. The first-order valence-electron chi connectivity index (χ1n) is 6.40. The predicted molar refractivity (Wildman–Crippen MR) is 77.8 cm³/mol. The molecule has 2 rings (SSSR count). The van der Waals surface area contributed by atoms with Crippen LogP contribution in [-0.2, 0) is 6.54 Å². The molecule has 0 saturated carbocycles. The van der Waals surface area contributed by atoms with Gasteiger partial charge in [-0.2, -0.15) is 0 Å². The Balaban J connectivity index is 2.22. The number of aryl methyl sites for hydroxylation is 1. The average Bonchev–Trinajstić information content (AvgIpc) is 2.44. The van der Waals surface area contributed by atoms with E-state index in [9.17, 15) is 4.39 Å². The van der Waals surface area contributed by atoms with Gasteiger partial charge in [0.05, 0.1) is 0 Å². The maximum absolute atomic E-state index is 14.2. The van der Waals surface area contributed by atoms with Gasteiger partial charge in [0.2, 0.25) is 0 Å². The van der Waals surface area contributed by atoms with Crippen molar-refractivity contribution < 1.29 is 9.13 Å². The molecule has 2 aromatic rings. The molecule has 0 saturated heterocycles. The number of halogens is 2. The summed E-state index contributed by atoms with van der Waals surface area (Å²) in [7, 11) is 0. The number of hydrogen-bond acceptors (Lipinski definition) is 3. The van der Waals surface area contributed by atoms with Crippen molar-refractivity contribution in [1.29, 1.82) is 0 Å². The molecule has 1 heterocycles. The fourth-order valence-corrected chi connectivity index (χ4v) is 1.84. The van der Waals surface area contributed by atoms with Gasteiger partial charge in [0.1, 0.15) is 5.75 Å². The lowest BCUT2D eigenvalue weighted by atomic mass is 10.2. The van der Waals surface area contributed by atoms with Gasteiger partial charge in [-0.05, 0) is 43.3 Å². The molecular weight excluding hydrogens is 279 g/mol. The van der Waals surface area contributed by atoms with Crippen LogP contribution in [0.4, 0.5) is 4.39 Å². The maximum Gasteiger partial charge on any atom is 0.256 e. The molecule has 0 radical (unpaired) electrons. The van der Waals surface area contributed by atoms with Gasteiger partial charge in [-0.3, -0.25) is 0 Å². The van der Waals surface area contributed by atoms with Crippen molar-refractivity contribution in [1.82, 2.24) is 10.3 Å². The minimum absolute atomic E-state index is 0.0258. The second-order valence-electron chi connectivity index (χ2n) is 4.38. The molecule has 0 amide bonds. The topological polar surface area (TPSA) is 34.2 Å². The molecule has 0 aliphatic carbocycles. The Labute approximate surface area is 122 Å². The highest BCUT2D eigenvalue weighted by Crippen LogP contribution is 2.27. The van der Waals surface area contributed by atoms with Crippen LogP contribution in [-0.4, -0.2) is 11.5 Å². The zero-order valence-corrected chi connectivity index (χ0v) is 12.2. The van der Waals surface area contributed by atoms with E-state index in [4.69, 9.17) is 16.3 Å². The maximum atomic E-state index is 14.2. The molecule has 0 unspecified atom stereocenters. The van der Waals surface area contributed by atoms with Crippen LogP contribution in [0.5, 0.6) is 11.6 Å². The largest absolute Gasteiger partial charge is 0.436 e. The van der Waals surface area contributed by atoms with Crippen LogP contribution in [0.2, 0.25) is 5.02 Å². The number of nitrogens with one attached hydrogen (secondary N) is 1. The van der Waals surface area contributed by atoms with Crippen molar-refractivity contribution in [2.45, 2.75) is 20.4 Å². The Kier molecular flexibility index (Phi) is 4.93. The van der Waals surface area contributed by atoms with Gasteiger partial charge in [0.25, 0.3) is 5.88 Å². The monoisotopic (exact) mass is 294 g/mol. The lowest BCUT2D eigenvalue weighted by molar-refractivity contribution is 0.417. The number of benzene rings is 1. The van der Waals surface area contributed by atoms with Gasteiger partial charge >= 0.3 is 0 Å². The highest BCUT2D eigenvalue weighted by Gasteiger charge is 2.11. The molecule has 0 aliphatic rings. The van der Waals surface area contributed by atoms with E-state index < -0.39 is 5.82 Å². The Hall–Kier alpha value is -1.65. The van der Waals surface area contributed by atoms with E-state index in [1.165, 1.54) is 6.20 Å². The molecule has 3 nitrogen and oxygen atoms in total. The Morgan fingerprint density at radius 3 is 2.85 bits per heavy atom. The van der Waals surface area contributed by atoms with E-state index in [0.29, 0.717) is 22.9 Å². The van der Waals surface area contributed by atoms with Crippen LogP contribution in [0.15, 0.2) is 30.5 Å². The minimum Gasteiger partial charge on any atom is -0.436 e. The molecular formula is C15H16ClFN2O. The number of rotatable bonds is 5. The normalized spacial score (nSPS) is 10.6. The van der Waals surface area contributed by atoms with Crippen molar-refractivity contribution in [2.24, 2.45) is 0 Å². The average molecular weight is 295 g/mol. The van der Waals surface area contributed by atoms with E-state index in [-0.39, 0.29) is 5.88 Å². The molecule has 1 N–H and O–H groups in total. The first-order chi connectivity index (χ1) is 9.61. The molecule has 1 aromatic carbocycles. The van der Waals surface area contributed by atoms with Crippen LogP contribution in [0.3, 0.4) is 0 Å². The quantitative estimate of drug-likeness (QED) is 0.902. The van der Waals surface area contributed by atoms with Crippen molar-refractivity contribution in [2.75, 3.05) is 6.54 Å². The number of nitrogens with zero attached hydrogens (tertiary/aromatic N) is 1. The van der Waals surface area contributed by atoms with Crippen molar-refractivity contribution in [3.8, 4) is 11.6 Å². The zero-order valence-electron chi connectivity index (χ0n) is 11.4. The van der Waals surface area contributed by atoms with Gasteiger partial charge < -0.3 is 10.1 Å². The lowest BCUT2D eigenvalue weighted by Crippen LogP contribution is -2.13. The summed E-state index contributed by atoms with van der Waals surface area (Å²) in [6, 6.07) is 6.79. The molecule has 0 aliphatic heterocycles. The van der Waals surface area contributed by atoms with Gasteiger partial charge in [-0.1, -0.05) is 18.5 Å². The number of ether oxygens (including phenoxy) is 1. The van der Waals surface area contributed by atoms with Gasteiger partial charge in [-0.15, -0.1) is 0 Å². The van der Waals surface area contributed by atoms with E-state index in [1.807, 2.05) is 13.8 Å². The highest BCUT2D eigenvalue weighted by atomic mass is 35.5. The van der Waals surface area contributed by atoms with Gasteiger partial charge in [0.15, 0.2) is 5.82 Å². The molecule has 0 bridgehead atoms. The van der Waals surface area contributed by atoms with Crippen LogP contribution in [0.1, 0.15) is 18.1 Å². The second kappa shape index (κ2) is 6.68. The molecule has 5 heteroatoms. The predicted octanol–water partition coefficient (Wildman–Crippen LogP) is 4.08. The molecule has 0 fully saturated rings. The summed E-state index contributed by atoms with van der Waals surface area (Å²) >= 11 is 5.94. The third-order valence-electron chi connectivity index (χ3n) is 2.85. The van der Waals surface area contributed by atoms with Crippen molar-refractivity contribution in [3.63, 3.8) is 0 Å². The summed E-state index contributed by atoms with van der Waals surface area (Å²) in [6.07, 6.45) is 1.54. The van der Waals surface area contributed by atoms with E-state index in [2.05, 4.69) is 10.3 Å². The zero-order chi connectivity index (χ0) is 14.5. The summed E-state index contributed by atoms with van der Waals surface area (Å²) in [5, 5.41) is 3.72. The van der Waals surface area contributed by atoms with Crippen LogP contribution < -0.4 is 10.1 Å². The summed E-state index contributed by atoms with van der Waals surface area (Å²) < 4.78 is 19.7. The smallest absolute Gasteiger partial charge is 0.256 e. The SMILES string of the molecule is CCNCc1ccnc(Oc2ccc(Cl)c(C)c2)c1F. The third-order valence-corrected chi connectivity index (χ3v) is 3.27. The van der Waals surface area contributed by atoms with Gasteiger partial charge in [0, 0.05) is 23.3 Å². The standard InChI is InChI=1S/C15H16ClFN2O/c1-3-18-9-11-6-7-19-15(14(11)17)20-12-4-5-13(16)10(2)8-12/h4-8,18H,3,9H2,1-2H3. The Morgan fingerprint density at radius 1 is 1.35 bits per heavy atom. The number of hydrogen-bond donors (Lipinski definition) is 1. The molecule has 106 valence electrons. The molecule has 0 atom stereocenters. The molecule has 20 heavy (non-hydrogen) atoms. The van der Waals surface area contributed by atoms with Crippen LogP contribution in [0, 0.1) is 12.7 Å². The van der Waals surface area contributed by atoms with Crippen molar-refractivity contribution >= 4 is 11.6 Å². The van der Waals surface area contributed by atoms with Crippen LogP contribution >= 0.6 is 11.6 Å². The minimum atomic E-state index is -0.443. The summed E-state index contributed by atoms with van der Waals surface area (Å²) in [4.78, 5) is 3.94. The highest BCUT2D eigenvalue weighted by molar-refractivity contribution is 6.31. The van der Waals surface area contributed by atoms with Gasteiger partial charge in [-0.25, -0.2) is 9.37 Å². The molecule has 1 aromatic heterocycles. The first-order valence-corrected chi connectivity index (χ1v) is 6.77. The van der Waals surface area contributed by atoms with Crippen molar-refractivity contribution in [3.05, 3.63) is 52.4 Å². The summed E-state index contributed by atoms with van der Waals surface area (Å²) in [6.45, 7) is 5.04. The lowest BCUT2D eigenvalue weighted by Gasteiger charge is -2.10. The number of pyridine rings is 1. The summed E-state index contributed by atoms with van der Waals surface area (Å²) in [5.41, 5.74) is 1.40. The Morgan fingerprint density at radius 2 is 2.15 bits per heavy atom. The van der Waals surface area contributed by atoms with Crippen LogP contribution in [0.25, 0.3) is 0 Å². The van der Waals surface area contributed by atoms with E-state index in [0.717, 1.165) is 12.1 Å². The fourth-order valence-electron chi connectivity index (χ4n) is 1.72. The van der Waals surface area contributed by atoms with E-state index >= 15 is 0 Å². The summed E-state index contributed by atoms with van der Waals surface area (Å²) in [5.74, 6) is 0.0436. The first kappa shape index (κ1) is 14.8.